The summed E-state index contributed by atoms with van der Waals surface area (Å²) in [6.45, 7) is 0. The largest absolute Gasteiger partial charge is 0.465 e. The van der Waals surface area contributed by atoms with Crippen molar-refractivity contribution in [3.63, 3.8) is 0 Å². The zero-order chi connectivity index (χ0) is 11.7. The standard InChI is InChI=1S/C11H7ClFNO2/c1-16-11(15)7-4-6-8(12)2-3-14-10(6)5-9(7)13/h2-5H,1H3. The van der Waals surface area contributed by atoms with Crippen LogP contribution in [0.25, 0.3) is 10.9 Å². The molecule has 2 rings (SSSR count). The van der Waals surface area contributed by atoms with Crippen LogP contribution in [0.15, 0.2) is 24.4 Å². The molecule has 1 aromatic carbocycles. The van der Waals surface area contributed by atoms with E-state index in [1.54, 1.807) is 6.07 Å². The van der Waals surface area contributed by atoms with E-state index in [9.17, 15) is 9.18 Å². The Hall–Kier alpha value is -1.68. The Morgan fingerprint density at radius 1 is 1.50 bits per heavy atom. The molecule has 0 aliphatic heterocycles. The van der Waals surface area contributed by atoms with Gasteiger partial charge >= 0.3 is 5.97 Å². The Balaban J connectivity index is 2.74. The fraction of sp³-hybridized carbons (Fsp3) is 0.0909. The summed E-state index contributed by atoms with van der Waals surface area (Å²) in [6.07, 6.45) is 1.47. The molecule has 0 amide bonds. The first-order valence-electron chi connectivity index (χ1n) is 4.45. The summed E-state index contributed by atoms with van der Waals surface area (Å²) in [7, 11) is 1.19. The van der Waals surface area contributed by atoms with Crippen LogP contribution < -0.4 is 0 Å². The Morgan fingerprint density at radius 2 is 2.25 bits per heavy atom. The van der Waals surface area contributed by atoms with Crippen molar-refractivity contribution in [1.29, 1.82) is 0 Å². The van der Waals surface area contributed by atoms with Crippen molar-refractivity contribution in [3.05, 3.63) is 40.8 Å². The number of aromatic nitrogens is 1. The lowest BCUT2D eigenvalue weighted by Crippen LogP contribution is -2.04. The average Bonchev–Trinajstić information content (AvgIpc) is 2.28. The molecular formula is C11H7ClFNO2. The number of fused-ring (bicyclic) bond motifs is 1. The highest BCUT2D eigenvalue weighted by molar-refractivity contribution is 6.35. The normalized spacial score (nSPS) is 10.4. The molecule has 0 spiro atoms. The van der Waals surface area contributed by atoms with Crippen LogP contribution >= 0.6 is 11.6 Å². The Kier molecular flexibility index (Phi) is 2.75. The molecule has 0 N–H and O–H groups in total. The molecular weight excluding hydrogens is 233 g/mol. The van der Waals surface area contributed by atoms with Gasteiger partial charge < -0.3 is 4.74 Å². The summed E-state index contributed by atoms with van der Waals surface area (Å²) in [4.78, 5) is 15.2. The number of hydrogen-bond donors (Lipinski definition) is 0. The van der Waals surface area contributed by atoms with Gasteiger partial charge in [0.2, 0.25) is 0 Å². The van der Waals surface area contributed by atoms with Crippen molar-refractivity contribution in [1.82, 2.24) is 4.98 Å². The maximum absolute atomic E-state index is 13.5. The molecule has 16 heavy (non-hydrogen) atoms. The van der Waals surface area contributed by atoms with Gasteiger partial charge in [-0.25, -0.2) is 9.18 Å². The summed E-state index contributed by atoms with van der Waals surface area (Å²) in [5.74, 6) is -1.41. The van der Waals surface area contributed by atoms with Gasteiger partial charge in [0.25, 0.3) is 0 Å². The van der Waals surface area contributed by atoms with Crippen LogP contribution in [-0.2, 0) is 4.74 Å². The number of pyridine rings is 1. The molecule has 0 saturated carbocycles. The van der Waals surface area contributed by atoms with Crippen LogP contribution in [0.2, 0.25) is 5.02 Å². The molecule has 3 nitrogen and oxygen atoms in total. The number of esters is 1. The first-order valence-corrected chi connectivity index (χ1v) is 4.83. The van der Waals surface area contributed by atoms with Crippen LogP contribution in [0, 0.1) is 5.82 Å². The number of ether oxygens (including phenoxy) is 1. The fourth-order valence-electron chi connectivity index (χ4n) is 1.40. The lowest BCUT2D eigenvalue weighted by atomic mass is 10.1. The minimum absolute atomic E-state index is 0.148. The quantitative estimate of drug-likeness (QED) is 0.719. The Labute approximate surface area is 95.8 Å². The van der Waals surface area contributed by atoms with Crippen molar-refractivity contribution in [2.75, 3.05) is 7.11 Å². The molecule has 0 radical (unpaired) electrons. The molecule has 82 valence electrons. The van der Waals surface area contributed by atoms with E-state index in [0.717, 1.165) is 6.07 Å². The molecule has 5 heteroatoms. The summed E-state index contributed by atoms with van der Waals surface area (Å²) >= 11 is 5.91. The Morgan fingerprint density at radius 3 is 2.94 bits per heavy atom. The highest BCUT2D eigenvalue weighted by Gasteiger charge is 2.14. The van der Waals surface area contributed by atoms with E-state index in [4.69, 9.17) is 11.6 Å². The van der Waals surface area contributed by atoms with Crippen LogP contribution in [-0.4, -0.2) is 18.1 Å². The van der Waals surface area contributed by atoms with Crippen molar-refractivity contribution < 1.29 is 13.9 Å². The topological polar surface area (TPSA) is 39.2 Å². The van der Waals surface area contributed by atoms with Crippen LogP contribution in [0.5, 0.6) is 0 Å². The number of rotatable bonds is 1. The average molecular weight is 240 g/mol. The summed E-state index contributed by atoms with van der Waals surface area (Å²) in [5, 5.41) is 0.932. The van der Waals surface area contributed by atoms with Crippen molar-refractivity contribution in [2.24, 2.45) is 0 Å². The number of methoxy groups -OCH3 is 1. The molecule has 1 heterocycles. The first-order chi connectivity index (χ1) is 7.63. The second-order valence-corrected chi connectivity index (χ2v) is 3.54. The highest BCUT2D eigenvalue weighted by atomic mass is 35.5. The number of nitrogens with zero attached hydrogens (tertiary/aromatic N) is 1. The first kappa shape index (κ1) is 10.8. The molecule has 0 saturated heterocycles. The number of halogens is 2. The molecule has 0 aliphatic rings. The maximum atomic E-state index is 13.5. The molecule has 0 aliphatic carbocycles. The predicted molar refractivity (Wildman–Crippen MR) is 58.1 cm³/mol. The van der Waals surface area contributed by atoms with Crippen LogP contribution in [0.4, 0.5) is 4.39 Å². The van der Waals surface area contributed by atoms with Crippen molar-refractivity contribution in [2.45, 2.75) is 0 Å². The minimum Gasteiger partial charge on any atom is -0.465 e. The van der Waals surface area contributed by atoms with E-state index in [0.29, 0.717) is 15.9 Å². The zero-order valence-electron chi connectivity index (χ0n) is 8.33. The van der Waals surface area contributed by atoms with E-state index in [2.05, 4.69) is 9.72 Å². The van der Waals surface area contributed by atoms with E-state index >= 15 is 0 Å². The van der Waals surface area contributed by atoms with Crippen molar-refractivity contribution in [3.8, 4) is 0 Å². The molecule has 1 aromatic heterocycles. The van der Waals surface area contributed by atoms with Gasteiger partial charge in [-0.2, -0.15) is 0 Å². The molecule has 0 bridgehead atoms. The maximum Gasteiger partial charge on any atom is 0.340 e. The lowest BCUT2D eigenvalue weighted by molar-refractivity contribution is 0.0596. The SMILES string of the molecule is COC(=O)c1cc2c(Cl)ccnc2cc1F. The number of carbonyl (C=O) groups excluding carboxylic acids is 1. The van der Waals surface area contributed by atoms with E-state index < -0.39 is 11.8 Å². The molecule has 0 unspecified atom stereocenters. The van der Waals surface area contributed by atoms with Crippen molar-refractivity contribution >= 4 is 28.5 Å². The monoisotopic (exact) mass is 239 g/mol. The number of benzene rings is 1. The van der Waals surface area contributed by atoms with Gasteiger partial charge in [-0.1, -0.05) is 11.6 Å². The van der Waals surface area contributed by atoms with Gasteiger partial charge in [0.15, 0.2) is 0 Å². The molecule has 2 aromatic rings. The minimum atomic E-state index is -0.737. The molecule has 0 fully saturated rings. The van der Waals surface area contributed by atoms with Gasteiger partial charge in [0, 0.05) is 17.6 Å². The van der Waals surface area contributed by atoms with Crippen LogP contribution in [0.1, 0.15) is 10.4 Å². The smallest absolute Gasteiger partial charge is 0.340 e. The summed E-state index contributed by atoms with van der Waals surface area (Å²) in [6, 6.07) is 4.07. The lowest BCUT2D eigenvalue weighted by Gasteiger charge is -2.04. The van der Waals surface area contributed by atoms with E-state index in [-0.39, 0.29) is 5.56 Å². The molecule has 0 atom stereocenters. The number of carbonyl (C=O) groups is 1. The van der Waals surface area contributed by atoms with Gasteiger partial charge in [-0.15, -0.1) is 0 Å². The van der Waals surface area contributed by atoms with Gasteiger partial charge in [-0.3, -0.25) is 4.98 Å². The number of hydrogen-bond acceptors (Lipinski definition) is 3. The summed E-state index contributed by atoms with van der Waals surface area (Å²) < 4.78 is 18.0. The van der Waals surface area contributed by atoms with Gasteiger partial charge in [0.1, 0.15) is 5.82 Å². The highest BCUT2D eigenvalue weighted by Crippen LogP contribution is 2.24. The second-order valence-electron chi connectivity index (χ2n) is 3.13. The third kappa shape index (κ3) is 1.72. The summed E-state index contributed by atoms with van der Waals surface area (Å²) in [5.41, 5.74) is 0.252. The van der Waals surface area contributed by atoms with Gasteiger partial charge in [0.05, 0.1) is 23.2 Å². The second kappa shape index (κ2) is 4.06. The van der Waals surface area contributed by atoms with Crippen LogP contribution in [0.3, 0.4) is 0 Å². The predicted octanol–water partition coefficient (Wildman–Crippen LogP) is 2.81. The zero-order valence-corrected chi connectivity index (χ0v) is 9.08. The fourth-order valence-corrected chi connectivity index (χ4v) is 1.61. The third-order valence-corrected chi connectivity index (χ3v) is 2.51. The van der Waals surface area contributed by atoms with E-state index in [1.807, 2.05) is 0 Å². The van der Waals surface area contributed by atoms with E-state index in [1.165, 1.54) is 19.4 Å². The Bertz CT molecular complexity index is 571. The van der Waals surface area contributed by atoms with Gasteiger partial charge in [-0.05, 0) is 12.1 Å². The third-order valence-electron chi connectivity index (χ3n) is 2.18.